The van der Waals surface area contributed by atoms with E-state index in [0.717, 1.165) is 13.0 Å². The smallest absolute Gasteiger partial charge is 0.222 e. The molecule has 1 heterocycles. The summed E-state index contributed by atoms with van der Waals surface area (Å²) >= 11 is 0. The lowest BCUT2D eigenvalue weighted by Crippen LogP contribution is -2.44. The predicted molar refractivity (Wildman–Crippen MR) is 97.2 cm³/mol. The van der Waals surface area contributed by atoms with Gasteiger partial charge in [0, 0.05) is 20.1 Å². The normalized spacial score (nSPS) is 21.0. The molecule has 1 rings (SSSR count). The van der Waals surface area contributed by atoms with E-state index >= 15 is 0 Å². The summed E-state index contributed by atoms with van der Waals surface area (Å²) in [5.41, 5.74) is 3.90. The topological polar surface area (TPSA) is 105 Å². The van der Waals surface area contributed by atoms with Crippen molar-refractivity contribution in [1.82, 2.24) is 10.2 Å². The Hall–Kier alpha value is -1.25. The molecule has 1 fully saturated rings. The number of alkyl halides is 1. The molecule has 0 bridgehead atoms. The van der Waals surface area contributed by atoms with Gasteiger partial charge < -0.3 is 25.8 Å². The minimum atomic E-state index is -1.45. The fourth-order valence-electron chi connectivity index (χ4n) is 3.20. The van der Waals surface area contributed by atoms with Crippen LogP contribution in [-0.2, 0) is 14.3 Å². The van der Waals surface area contributed by atoms with Crippen LogP contribution in [0.4, 0.5) is 4.39 Å². The maximum Gasteiger partial charge on any atom is 0.222 e. The first-order chi connectivity index (χ1) is 12.2. The molecule has 0 aromatic heterocycles. The number of aliphatic hydroxyl groups excluding tert-OH is 1. The van der Waals surface area contributed by atoms with Gasteiger partial charge in [0.25, 0.3) is 0 Å². The molecule has 1 saturated heterocycles. The molecule has 0 spiro atoms. The van der Waals surface area contributed by atoms with E-state index in [0.29, 0.717) is 25.9 Å². The molecule has 4 N–H and O–H groups in total. The van der Waals surface area contributed by atoms with Crippen molar-refractivity contribution < 1.29 is 23.8 Å². The Bertz CT molecular complexity index is 456. The van der Waals surface area contributed by atoms with Crippen LogP contribution >= 0.6 is 0 Å². The second-order valence-electron chi connectivity index (χ2n) is 7.45. The van der Waals surface area contributed by atoms with Crippen LogP contribution in [0.25, 0.3) is 0 Å². The molecule has 1 aliphatic heterocycles. The maximum absolute atomic E-state index is 14.0. The van der Waals surface area contributed by atoms with E-state index in [1.165, 1.54) is 0 Å². The molecule has 152 valence electrons. The van der Waals surface area contributed by atoms with Gasteiger partial charge in [0.2, 0.25) is 11.8 Å². The molecule has 0 saturated carbocycles. The number of hydrogen-bond donors (Lipinski definition) is 3. The van der Waals surface area contributed by atoms with E-state index in [1.807, 2.05) is 6.92 Å². The number of ether oxygens (including phenoxy) is 1. The quantitative estimate of drug-likeness (QED) is 0.490. The van der Waals surface area contributed by atoms with E-state index in [4.69, 9.17) is 15.6 Å². The minimum absolute atomic E-state index is 0.0736. The third-order valence-corrected chi connectivity index (χ3v) is 5.13. The van der Waals surface area contributed by atoms with E-state index in [1.54, 1.807) is 14.0 Å². The lowest BCUT2D eigenvalue weighted by molar-refractivity contribution is -0.128. The molecule has 3 unspecified atom stereocenters. The van der Waals surface area contributed by atoms with Crippen molar-refractivity contribution in [3.8, 4) is 0 Å². The number of aliphatic hydroxyl groups is 1. The molecule has 3 atom stereocenters. The van der Waals surface area contributed by atoms with Gasteiger partial charge in [-0.15, -0.1) is 0 Å². The summed E-state index contributed by atoms with van der Waals surface area (Å²) in [6.07, 6.45) is 1.12. The van der Waals surface area contributed by atoms with Crippen molar-refractivity contribution in [2.75, 3.05) is 33.3 Å². The van der Waals surface area contributed by atoms with Crippen LogP contribution < -0.4 is 11.1 Å². The van der Waals surface area contributed by atoms with E-state index < -0.39 is 18.2 Å². The number of amides is 2. The Morgan fingerprint density at radius 1 is 1.31 bits per heavy atom. The number of nitrogens with one attached hydrogen (secondary N) is 1. The highest BCUT2D eigenvalue weighted by molar-refractivity contribution is 5.76. The second kappa shape index (κ2) is 10.8. The van der Waals surface area contributed by atoms with Crippen LogP contribution in [-0.4, -0.2) is 73.0 Å². The number of carbonyl (C=O) groups is 2. The molecule has 26 heavy (non-hydrogen) atoms. The third-order valence-electron chi connectivity index (χ3n) is 5.13. The average Bonchev–Trinajstić information content (AvgIpc) is 2.59. The Kier molecular flexibility index (Phi) is 9.46. The van der Waals surface area contributed by atoms with Gasteiger partial charge in [0.15, 0.2) is 0 Å². The van der Waals surface area contributed by atoms with Crippen molar-refractivity contribution in [2.45, 2.75) is 63.8 Å². The molecule has 0 aliphatic carbocycles. The average molecular weight is 375 g/mol. The standard InChI is InChI=1S/C18H34FN3O4/c1-13(4-7-22-8-5-18(19,12-23)6-9-22)15(11-16(20)24)26-14(2)10-17(25)21-3/h13-15,23H,4-12H2,1-3H3,(H2,20,24)(H,21,25). The van der Waals surface area contributed by atoms with Crippen LogP contribution in [0.15, 0.2) is 0 Å². The lowest BCUT2D eigenvalue weighted by Gasteiger charge is -2.36. The number of nitrogens with zero attached hydrogens (tertiary/aromatic N) is 1. The monoisotopic (exact) mass is 375 g/mol. The van der Waals surface area contributed by atoms with E-state index in [2.05, 4.69) is 10.2 Å². The van der Waals surface area contributed by atoms with Crippen molar-refractivity contribution in [3.05, 3.63) is 0 Å². The SMILES string of the molecule is CNC(=O)CC(C)OC(CC(N)=O)C(C)CCN1CCC(F)(CO)CC1. The zero-order chi connectivity index (χ0) is 19.7. The Labute approximate surface area is 155 Å². The van der Waals surface area contributed by atoms with Gasteiger partial charge in [-0.25, -0.2) is 4.39 Å². The highest BCUT2D eigenvalue weighted by atomic mass is 19.1. The first-order valence-corrected chi connectivity index (χ1v) is 9.35. The highest BCUT2D eigenvalue weighted by Gasteiger charge is 2.34. The number of piperidine rings is 1. The van der Waals surface area contributed by atoms with Gasteiger partial charge >= 0.3 is 0 Å². The molecular weight excluding hydrogens is 341 g/mol. The molecular formula is C18H34FN3O4. The van der Waals surface area contributed by atoms with E-state index in [-0.39, 0.29) is 36.9 Å². The zero-order valence-corrected chi connectivity index (χ0v) is 16.2. The lowest BCUT2D eigenvalue weighted by atomic mass is 9.93. The van der Waals surface area contributed by atoms with Crippen molar-refractivity contribution in [2.24, 2.45) is 11.7 Å². The van der Waals surface area contributed by atoms with Crippen LogP contribution in [0, 0.1) is 5.92 Å². The zero-order valence-electron chi connectivity index (χ0n) is 16.2. The molecule has 2 amide bonds. The first kappa shape index (κ1) is 22.8. The molecule has 0 radical (unpaired) electrons. The summed E-state index contributed by atoms with van der Waals surface area (Å²) < 4.78 is 20.0. The van der Waals surface area contributed by atoms with Crippen molar-refractivity contribution in [3.63, 3.8) is 0 Å². The summed E-state index contributed by atoms with van der Waals surface area (Å²) in [7, 11) is 1.57. The summed E-state index contributed by atoms with van der Waals surface area (Å²) in [5.74, 6) is -0.475. The number of likely N-dealkylation sites (tertiary alicyclic amines) is 1. The summed E-state index contributed by atoms with van der Waals surface area (Å²) in [6, 6.07) is 0. The van der Waals surface area contributed by atoms with Gasteiger partial charge in [-0.05, 0) is 38.6 Å². The van der Waals surface area contributed by atoms with Crippen LogP contribution in [0.1, 0.15) is 46.0 Å². The van der Waals surface area contributed by atoms with Gasteiger partial charge in [-0.1, -0.05) is 6.92 Å². The molecule has 0 aromatic rings. The van der Waals surface area contributed by atoms with E-state index in [9.17, 15) is 14.0 Å². The number of rotatable bonds is 11. The van der Waals surface area contributed by atoms with Gasteiger partial charge in [0.05, 0.1) is 31.7 Å². The fraction of sp³-hybridized carbons (Fsp3) is 0.889. The second-order valence-corrected chi connectivity index (χ2v) is 7.45. The number of halogens is 1. The predicted octanol–water partition coefficient (Wildman–Crippen LogP) is 0.594. The molecule has 1 aliphatic rings. The largest absolute Gasteiger partial charge is 0.393 e. The molecule has 7 nitrogen and oxygen atoms in total. The summed E-state index contributed by atoms with van der Waals surface area (Å²) in [6.45, 7) is 5.37. The Morgan fingerprint density at radius 2 is 1.92 bits per heavy atom. The maximum atomic E-state index is 14.0. The minimum Gasteiger partial charge on any atom is -0.393 e. The van der Waals surface area contributed by atoms with Gasteiger partial charge in [0.1, 0.15) is 5.67 Å². The summed E-state index contributed by atoms with van der Waals surface area (Å²) in [4.78, 5) is 25.0. The summed E-state index contributed by atoms with van der Waals surface area (Å²) in [5, 5.41) is 11.6. The fourth-order valence-corrected chi connectivity index (χ4v) is 3.20. The number of nitrogens with two attached hydrogens (primary N) is 1. The highest BCUT2D eigenvalue weighted by Crippen LogP contribution is 2.27. The molecule has 8 heteroatoms. The van der Waals surface area contributed by atoms with Crippen molar-refractivity contribution in [1.29, 1.82) is 0 Å². The van der Waals surface area contributed by atoms with Crippen LogP contribution in [0.5, 0.6) is 0 Å². The number of carbonyl (C=O) groups excluding carboxylic acids is 2. The Balaban J connectivity index is 2.48. The Morgan fingerprint density at radius 3 is 2.42 bits per heavy atom. The van der Waals surface area contributed by atoms with Crippen LogP contribution in [0.2, 0.25) is 0 Å². The first-order valence-electron chi connectivity index (χ1n) is 9.35. The van der Waals surface area contributed by atoms with Crippen molar-refractivity contribution >= 4 is 11.8 Å². The van der Waals surface area contributed by atoms with Gasteiger partial charge in [-0.2, -0.15) is 0 Å². The molecule has 0 aromatic carbocycles. The van der Waals surface area contributed by atoms with Gasteiger partial charge in [-0.3, -0.25) is 9.59 Å². The van der Waals surface area contributed by atoms with Crippen LogP contribution in [0.3, 0.4) is 0 Å². The number of primary amides is 1. The number of hydrogen-bond acceptors (Lipinski definition) is 5. The third kappa shape index (κ3) is 7.97.